The van der Waals surface area contributed by atoms with Crippen molar-refractivity contribution in [2.45, 2.75) is 11.8 Å². The Morgan fingerprint density at radius 2 is 1.71 bits per heavy atom. The van der Waals surface area contributed by atoms with Crippen molar-refractivity contribution in [3.8, 4) is 5.69 Å². The van der Waals surface area contributed by atoms with Gasteiger partial charge in [-0.3, -0.25) is 14.3 Å². The second-order valence-corrected chi connectivity index (χ2v) is 8.01. The van der Waals surface area contributed by atoms with Crippen molar-refractivity contribution in [1.82, 2.24) is 14.1 Å². The zero-order chi connectivity index (χ0) is 20.5. The first-order chi connectivity index (χ1) is 13.3. The lowest BCUT2D eigenvalue weighted by atomic mass is 10.2. The predicted molar refractivity (Wildman–Crippen MR) is 106 cm³/mol. The van der Waals surface area contributed by atoms with E-state index in [-0.39, 0.29) is 21.7 Å². The van der Waals surface area contributed by atoms with E-state index in [4.69, 9.17) is 0 Å². The zero-order valence-corrected chi connectivity index (χ0v) is 16.4. The van der Waals surface area contributed by atoms with Crippen LogP contribution in [0.2, 0.25) is 0 Å². The second-order valence-electron chi connectivity index (χ2n) is 6.13. The number of sulfonamides is 1. The molecular formula is C19H20N4O4S. The number of nitrogens with zero attached hydrogens (tertiary/aromatic N) is 2. The van der Waals surface area contributed by atoms with Crippen molar-refractivity contribution < 1.29 is 13.2 Å². The average molecular weight is 400 g/mol. The normalized spacial score (nSPS) is 11.4. The number of amides is 1. The highest BCUT2D eigenvalue weighted by molar-refractivity contribution is 7.89. The van der Waals surface area contributed by atoms with E-state index in [2.05, 4.69) is 10.0 Å². The molecule has 0 aliphatic heterocycles. The van der Waals surface area contributed by atoms with Gasteiger partial charge >= 0.3 is 0 Å². The fourth-order valence-electron chi connectivity index (χ4n) is 2.82. The van der Waals surface area contributed by atoms with E-state index >= 15 is 0 Å². The molecule has 0 saturated heterocycles. The Labute approximate surface area is 162 Å². The number of hydrogen-bond donors (Lipinski definition) is 2. The van der Waals surface area contributed by atoms with Gasteiger partial charge in [0, 0.05) is 12.6 Å². The van der Waals surface area contributed by atoms with Gasteiger partial charge in [0.05, 0.1) is 16.3 Å². The van der Waals surface area contributed by atoms with E-state index < -0.39 is 15.9 Å². The Balaban J connectivity index is 1.99. The van der Waals surface area contributed by atoms with Gasteiger partial charge < -0.3 is 5.32 Å². The molecule has 1 amide bonds. The van der Waals surface area contributed by atoms with E-state index in [0.29, 0.717) is 11.4 Å². The topological polar surface area (TPSA) is 102 Å². The molecule has 0 radical (unpaired) electrons. The molecule has 0 aliphatic rings. The monoisotopic (exact) mass is 400 g/mol. The minimum Gasteiger partial charge on any atom is -0.316 e. The third-order valence-corrected chi connectivity index (χ3v) is 5.88. The quantitative estimate of drug-likeness (QED) is 0.680. The van der Waals surface area contributed by atoms with Gasteiger partial charge in [0.1, 0.15) is 5.69 Å². The summed E-state index contributed by atoms with van der Waals surface area (Å²) in [6.07, 6.45) is 0. The van der Waals surface area contributed by atoms with Gasteiger partial charge in [0.15, 0.2) is 0 Å². The summed E-state index contributed by atoms with van der Waals surface area (Å²) in [5.74, 6) is -0.570. The summed E-state index contributed by atoms with van der Waals surface area (Å²) in [4.78, 5) is 25.5. The number of aromatic nitrogens is 2. The number of anilines is 1. The highest BCUT2D eigenvalue weighted by Crippen LogP contribution is 2.16. The summed E-state index contributed by atoms with van der Waals surface area (Å²) >= 11 is 0. The number of nitrogens with one attached hydrogen (secondary N) is 2. The molecule has 2 N–H and O–H groups in total. The first-order valence-electron chi connectivity index (χ1n) is 8.45. The maximum atomic E-state index is 12.9. The van der Waals surface area contributed by atoms with Gasteiger partial charge in [-0.15, -0.1) is 0 Å². The van der Waals surface area contributed by atoms with Crippen LogP contribution in [-0.4, -0.2) is 30.7 Å². The summed E-state index contributed by atoms with van der Waals surface area (Å²) in [5.41, 5.74) is 1.13. The minimum absolute atomic E-state index is 0.0332. The van der Waals surface area contributed by atoms with Crippen LogP contribution < -0.4 is 15.6 Å². The van der Waals surface area contributed by atoms with Gasteiger partial charge in [0.25, 0.3) is 11.5 Å². The van der Waals surface area contributed by atoms with E-state index in [9.17, 15) is 18.0 Å². The standard InChI is InChI=1S/C19H20N4O4S/c1-13-17(19(25)23(22(13)3)15-9-5-4-6-10-15)21-18(24)14-8-7-11-16(12-14)28(26,27)20-2/h4-12,20H,1-3H3,(H,21,24). The molecule has 3 aromatic rings. The Bertz CT molecular complexity index is 1190. The van der Waals surface area contributed by atoms with Crippen LogP contribution in [0.5, 0.6) is 0 Å². The van der Waals surface area contributed by atoms with Crippen molar-refractivity contribution >= 4 is 21.6 Å². The highest BCUT2D eigenvalue weighted by Gasteiger charge is 2.20. The van der Waals surface area contributed by atoms with Crippen LogP contribution in [0.15, 0.2) is 64.3 Å². The number of hydrogen-bond acceptors (Lipinski definition) is 4. The lowest BCUT2D eigenvalue weighted by Crippen LogP contribution is -2.23. The van der Waals surface area contributed by atoms with Crippen LogP contribution in [0.4, 0.5) is 5.69 Å². The average Bonchev–Trinajstić information content (AvgIpc) is 2.92. The van der Waals surface area contributed by atoms with Crippen LogP contribution >= 0.6 is 0 Å². The molecule has 0 fully saturated rings. The molecule has 2 aromatic carbocycles. The van der Waals surface area contributed by atoms with Crippen LogP contribution in [0, 0.1) is 6.92 Å². The molecule has 0 bridgehead atoms. The van der Waals surface area contributed by atoms with Gasteiger partial charge in [-0.2, -0.15) is 0 Å². The first kappa shape index (κ1) is 19.6. The third kappa shape index (κ3) is 3.49. The smallest absolute Gasteiger partial charge is 0.295 e. The van der Waals surface area contributed by atoms with Crippen LogP contribution in [0.25, 0.3) is 5.69 Å². The third-order valence-electron chi connectivity index (χ3n) is 4.47. The van der Waals surface area contributed by atoms with Gasteiger partial charge in [-0.25, -0.2) is 17.8 Å². The van der Waals surface area contributed by atoms with Crippen molar-refractivity contribution in [3.63, 3.8) is 0 Å². The van der Waals surface area contributed by atoms with Gasteiger partial charge in [-0.05, 0) is 44.3 Å². The molecule has 8 nitrogen and oxygen atoms in total. The number of para-hydroxylation sites is 1. The zero-order valence-electron chi connectivity index (χ0n) is 15.6. The Hall–Kier alpha value is -3.17. The Morgan fingerprint density at radius 3 is 2.36 bits per heavy atom. The number of rotatable bonds is 5. The summed E-state index contributed by atoms with van der Waals surface area (Å²) < 4.78 is 29.2. The molecule has 0 saturated carbocycles. The Morgan fingerprint density at radius 1 is 1.04 bits per heavy atom. The number of carbonyl (C=O) groups is 1. The molecule has 0 atom stereocenters. The molecule has 146 valence electrons. The van der Waals surface area contributed by atoms with Crippen molar-refractivity contribution in [3.05, 3.63) is 76.2 Å². The number of benzene rings is 2. The summed E-state index contributed by atoms with van der Waals surface area (Å²) in [7, 11) is -0.667. The molecule has 0 aliphatic carbocycles. The van der Waals surface area contributed by atoms with E-state index in [0.717, 1.165) is 0 Å². The summed E-state index contributed by atoms with van der Waals surface area (Å²) in [6, 6.07) is 14.7. The van der Waals surface area contributed by atoms with Crippen LogP contribution in [-0.2, 0) is 17.1 Å². The molecule has 1 heterocycles. The van der Waals surface area contributed by atoms with E-state index in [1.54, 1.807) is 30.8 Å². The van der Waals surface area contributed by atoms with Crippen molar-refractivity contribution in [1.29, 1.82) is 0 Å². The molecular weight excluding hydrogens is 380 g/mol. The number of carbonyl (C=O) groups excluding carboxylic acids is 1. The van der Waals surface area contributed by atoms with Crippen LogP contribution in [0.3, 0.4) is 0 Å². The molecule has 0 spiro atoms. The highest BCUT2D eigenvalue weighted by atomic mass is 32.2. The molecule has 0 unspecified atom stereocenters. The first-order valence-corrected chi connectivity index (χ1v) is 9.93. The maximum absolute atomic E-state index is 12.9. The van der Waals surface area contributed by atoms with Crippen LogP contribution in [0.1, 0.15) is 16.1 Å². The largest absolute Gasteiger partial charge is 0.316 e. The van der Waals surface area contributed by atoms with Gasteiger partial charge in [-0.1, -0.05) is 24.3 Å². The lowest BCUT2D eigenvalue weighted by molar-refractivity contribution is 0.102. The minimum atomic E-state index is -3.68. The van der Waals surface area contributed by atoms with E-state index in [1.165, 1.54) is 36.0 Å². The fraction of sp³-hybridized carbons (Fsp3) is 0.158. The maximum Gasteiger partial charge on any atom is 0.295 e. The summed E-state index contributed by atoms with van der Waals surface area (Å²) in [5, 5.41) is 2.61. The molecule has 28 heavy (non-hydrogen) atoms. The van der Waals surface area contributed by atoms with Gasteiger partial charge in [0.2, 0.25) is 10.0 Å². The summed E-state index contributed by atoms with van der Waals surface area (Å²) in [6.45, 7) is 1.72. The lowest BCUT2D eigenvalue weighted by Gasteiger charge is -2.07. The SMILES string of the molecule is CNS(=O)(=O)c1cccc(C(=O)Nc2c(C)n(C)n(-c3ccccc3)c2=O)c1. The second kappa shape index (κ2) is 7.45. The molecule has 3 rings (SSSR count). The Kier molecular flexibility index (Phi) is 5.21. The molecule has 1 aromatic heterocycles. The van der Waals surface area contributed by atoms with Crippen molar-refractivity contribution in [2.24, 2.45) is 7.05 Å². The predicted octanol–water partition coefficient (Wildman–Crippen LogP) is 1.64. The van der Waals surface area contributed by atoms with E-state index in [1.807, 2.05) is 18.2 Å². The fourth-order valence-corrected chi connectivity index (χ4v) is 3.60. The molecule has 9 heteroatoms. The van der Waals surface area contributed by atoms with Crippen molar-refractivity contribution in [2.75, 3.05) is 12.4 Å².